The van der Waals surface area contributed by atoms with Crippen molar-refractivity contribution in [1.82, 2.24) is 0 Å². The lowest BCUT2D eigenvalue weighted by Crippen LogP contribution is -2.04. The zero-order valence-corrected chi connectivity index (χ0v) is 11.9. The highest BCUT2D eigenvalue weighted by Crippen LogP contribution is 2.37. The molecule has 0 aliphatic rings. The molecule has 0 unspecified atom stereocenters. The molecule has 0 amide bonds. The van der Waals surface area contributed by atoms with Crippen molar-refractivity contribution in [3.05, 3.63) is 72.5 Å². The van der Waals surface area contributed by atoms with Crippen LogP contribution in [0.25, 0.3) is 32.9 Å². The molecule has 0 saturated heterocycles. The second kappa shape index (κ2) is 4.88. The number of hydrogen-bond acceptors (Lipinski definition) is 1. The standard InChI is InChI=1S/C19H11F3O/c20-19(21,22)14-6-3-5-13(10-14)17-11-23-18-15-7-2-1-4-12(15)8-9-16(17)18/h1-11H. The van der Waals surface area contributed by atoms with Crippen LogP contribution < -0.4 is 0 Å². The van der Waals surface area contributed by atoms with Crippen LogP contribution in [0.15, 0.2) is 71.3 Å². The maximum atomic E-state index is 12.9. The van der Waals surface area contributed by atoms with Crippen LogP contribution in [-0.4, -0.2) is 0 Å². The van der Waals surface area contributed by atoms with Crippen LogP contribution in [0.4, 0.5) is 13.2 Å². The molecule has 0 atom stereocenters. The topological polar surface area (TPSA) is 13.1 Å². The third-order valence-electron chi connectivity index (χ3n) is 3.97. The molecule has 0 N–H and O–H groups in total. The molecule has 1 aromatic heterocycles. The smallest absolute Gasteiger partial charge is 0.416 e. The zero-order chi connectivity index (χ0) is 16.0. The van der Waals surface area contributed by atoms with E-state index in [4.69, 9.17) is 4.42 Å². The molecule has 0 radical (unpaired) electrons. The van der Waals surface area contributed by atoms with Crippen LogP contribution in [0.2, 0.25) is 0 Å². The fraction of sp³-hybridized carbons (Fsp3) is 0.0526. The van der Waals surface area contributed by atoms with Gasteiger partial charge in [-0.05, 0) is 29.1 Å². The van der Waals surface area contributed by atoms with E-state index in [0.29, 0.717) is 16.7 Å². The SMILES string of the molecule is FC(F)(F)c1cccc(-c2coc3c2ccc2ccccc23)c1. The van der Waals surface area contributed by atoms with Gasteiger partial charge in [0.2, 0.25) is 0 Å². The summed E-state index contributed by atoms with van der Waals surface area (Å²) in [6.45, 7) is 0. The average Bonchev–Trinajstić information content (AvgIpc) is 2.98. The number of hydrogen-bond donors (Lipinski definition) is 0. The summed E-state index contributed by atoms with van der Waals surface area (Å²) < 4.78 is 44.4. The number of furan rings is 1. The summed E-state index contributed by atoms with van der Waals surface area (Å²) in [4.78, 5) is 0. The highest BCUT2D eigenvalue weighted by Gasteiger charge is 2.30. The quantitative estimate of drug-likeness (QED) is 0.403. The van der Waals surface area contributed by atoms with E-state index in [9.17, 15) is 13.2 Å². The van der Waals surface area contributed by atoms with Gasteiger partial charge in [-0.2, -0.15) is 13.2 Å². The lowest BCUT2D eigenvalue weighted by atomic mass is 10.00. The fourth-order valence-corrected chi connectivity index (χ4v) is 2.85. The molecule has 0 saturated carbocycles. The maximum Gasteiger partial charge on any atom is 0.416 e. The van der Waals surface area contributed by atoms with E-state index in [1.54, 1.807) is 6.07 Å². The Morgan fingerprint density at radius 1 is 0.783 bits per heavy atom. The minimum Gasteiger partial charge on any atom is -0.463 e. The Bertz CT molecular complexity index is 1010. The van der Waals surface area contributed by atoms with Gasteiger partial charge in [0, 0.05) is 16.3 Å². The van der Waals surface area contributed by atoms with Gasteiger partial charge >= 0.3 is 6.18 Å². The average molecular weight is 312 g/mol. The van der Waals surface area contributed by atoms with Gasteiger partial charge in [-0.1, -0.05) is 42.5 Å². The number of alkyl halides is 3. The molecule has 4 rings (SSSR count). The van der Waals surface area contributed by atoms with E-state index >= 15 is 0 Å². The molecule has 0 aliphatic heterocycles. The first-order valence-corrected chi connectivity index (χ1v) is 7.10. The molecule has 23 heavy (non-hydrogen) atoms. The molecule has 4 aromatic rings. The van der Waals surface area contributed by atoms with E-state index in [-0.39, 0.29) is 0 Å². The Hall–Kier alpha value is -2.75. The molecular formula is C19H11F3O. The van der Waals surface area contributed by atoms with E-state index in [2.05, 4.69) is 0 Å². The predicted octanol–water partition coefficient (Wildman–Crippen LogP) is 6.27. The molecule has 0 aliphatic carbocycles. The zero-order valence-electron chi connectivity index (χ0n) is 11.9. The van der Waals surface area contributed by atoms with Crippen molar-refractivity contribution in [2.75, 3.05) is 0 Å². The normalized spacial score (nSPS) is 12.1. The second-order valence-electron chi connectivity index (χ2n) is 5.39. The van der Waals surface area contributed by atoms with Crippen molar-refractivity contribution in [1.29, 1.82) is 0 Å². The molecule has 1 heterocycles. The first-order chi connectivity index (χ1) is 11.0. The first kappa shape index (κ1) is 13.9. The van der Waals surface area contributed by atoms with Gasteiger partial charge in [-0.25, -0.2) is 0 Å². The van der Waals surface area contributed by atoms with Crippen molar-refractivity contribution in [2.24, 2.45) is 0 Å². The highest BCUT2D eigenvalue weighted by molar-refractivity contribution is 6.09. The third kappa shape index (κ3) is 2.27. The van der Waals surface area contributed by atoms with Crippen molar-refractivity contribution in [3.8, 4) is 11.1 Å². The first-order valence-electron chi connectivity index (χ1n) is 7.10. The van der Waals surface area contributed by atoms with Gasteiger partial charge in [0.15, 0.2) is 0 Å². The molecule has 114 valence electrons. The summed E-state index contributed by atoms with van der Waals surface area (Å²) in [6, 6.07) is 16.9. The maximum absolute atomic E-state index is 12.9. The Morgan fingerprint density at radius 2 is 1.61 bits per heavy atom. The lowest BCUT2D eigenvalue weighted by Gasteiger charge is -2.08. The predicted molar refractivity (Wildman–Crippen MR) is 84.2 cm³/mol. The van der Waals surface area contributed by atoms with E-state index < -0.39 is 11.7 Å². The molecule has 3 aromatic carbocycles. The number of rotatable bonds is 1. The van der Waals surface area contributed by atoms with Gasteiger partial charge in [0.25, 0.3) is 0 Å². The minimum absolute atomic E-state index is 0.494. The van der Waals surface area contributed by atoms with Crippen molar-refractivity contribution in [2.45, 2.75) is 6.18 Å². The summed E-state index contributed by atoms with van der Waals surface area (Å²) in [5.74, 6) is 0. The number of halogens is 3. The van der Waals surface area contributed by atoms with Crippen molar-refractivity contribution >= 4 is 21.7 Å². The largest absolute Gasteiger partial charge is 0.463 e. The Kier molecular flexibility index (Phi) is 2.94. The Labute approximate surface area is 130 Å². The lowest BCUT2D eigenvalue weighted by molar-refractivity contribution is -0.137. The Balaban J connectivity index is 1.95. The van der Waals surface area contributed by atoms with Gasteiger partial charge in [-0.15, -0.1) is 0 Å². The molecular weight excluding hydrogens is 301 g/mol. The minimum atomic E-state index is -4.36. The third-order valence-corrected chi connectivity index (χ3v) is 3.97. The van der Waals surface area contributed by atoms with Crippen LogP contribution in [0.5, 0.6) is 0 Å². The van der Waals surface area contributed by atoms with Gasteiger partial charge in [0.05, 0.1) is 11.8 Å². The summed E-state index contributed by atoms with van der Waals surface area (Å²) in [7, 11) is 0. The number of benzene rings is 3. The van der Waals surface area contributed by atoms with E-state index in [1.165, 1.54) is 12.3 Å². The molecule has 0 fully saturated rings. The summed E-state index contributed by atoms with van der Waals surface area (Å²) in [6.07, 6.45) is -2.84. The van der Waals surface area contributed by atoms with Crippen LogP contribution in [0, 0.1) is 0 Å². The molecule has 1 nitrogen and oxygen atoms in total. The van der Waals surface area contributed by atoms with Gasteiger partial charge in [0.1, 0.15) is 5.58 Å². The number of fused-ring (bicyclic) bond motifs is 3. The molecule has 4 heteroatoms. The van der Waals surface area contributed by atoms with Crippen LogP contribution in [0.1, 0.15) is 5.56 Å². The van der Waals surface area contributed by atoms with Gasteiger partial charge < -0.3 is 4.42 Å². The fourth-order valence-electron chi connectivity index (χ4n) is 2.85. The van der Waals surface area contributed by atoms with Crippen LogP contribution in [0.3, 0.4) is 0 Å². The molecule has 0 spiro atoms. The Morgan fingerprint density at radius 3 is 2.43 bits per heavy atom. The van der Waals surface area contributed by atoms with E-state index in [1.807, 2.05) is 36.4 Å². The second-order valence-corrected chi connectivity index (χ2v) is 5.39. The summed E-state index contributed by atoms with van der Waals surface area (Å²) >= 11 is 0. The molecule has 0 bridgehead atoms. The van der Waals surface area contributed by atoms with Crippen molar-refractivity contribution < 1.29 is 17.6 Å². The van der Waals surface area contributed by atoms with Crippen LogP contribution >= 0.6 is 0 Å². The van der Waals surface area contributed by atoms with Crippen LogP contribution in [-0.2, 0) is 6.18 Å². The van der Waals surface area contributed by atoms with Gasteiger partial charge in [-0.3, -0.25) is 0 Å². The van der Waals surface area contributed by atoms with Crippen molar-refractivity contribution in [3.63, 3.8) is 0 Å². The summed E-state index contributed by atoms with van der Waals surface area (Å²) in [5, 5.41) is 2.79. The van der Waals surface area contributed by atoms with E-state index in [0.717, 1.165) is 28.3 Å². The summed E-state index contributed by atoms with van der Waals surface area (Å²) in [5.41, 5.74) is 1.19. The highest BCUT2D eigenvalue weighted by atomic mass is 19.4. The monoisotopic (exact) mass is 312 g/mol.